The SMILES string of the molecule is C[C@@H](CCc1ccccc1)NC(=O)C[NH2+][C@H](c1ccccc1)c1cccs1. The minimum Gasteiger partial charge on any atom is -0.349 e. The first kappa shape index (κ1) is 19.3. The van der Waals surface area contributed by atoms with Crippen LogP contribution in [0.3, 0.4) is 0 Å². The first-order valence-electron chi connectivity index (χ1n) is 9.47. The number of carbonyl (C=O) groups is 1. The molecule has 0 radical (unpaired) electrons. The Balaban J connectivity index is 1.50. The van der Waals surface area contributed by atoms with Gasteiger partial charge in [-0.3, -0.25) is 4.79 Å². The molecule has 4 heteroatoms. The third kappa shape index (κ3) is 6.05. The van der Waals surface area contributed by atoms with Crippen LogP contribution >= 0.6 is 11.3 Å². The van der Waals surface area contributed by atoms with Crippen molar-refractivity contribution in [3.8, 4) is 0 Å². The van der Waals surface area contributed by atoms with Crippen LogP contribution in [0, 0.1) is 0 Å². The fraction of sp³-hybridized carbons (Fsp3) is 0.261. The molecule has 0 aliphatic carbocycles. The van der Waals surface area contributed by atoms with Crippen LogP contribution in [0.4, 0.5) is 0 Å². The Morgan fingerprint density at radius 3 is 2.37 bits per heavy atom. The Kier molecular flexibility index (Phi) is 7.19. The number of hydrogen-bond acceptors (Lipinski definition) is 2. The molecule has 1 heterocycles. The van der Waals surface area contributed by atoms with Gasteiger partial charge in [0.25, 0.3) is 5.91 Å². The summed E-state index contributed by atoms with van der Waals surface area (Å²) >= 11 is 1.73. The van der Waals surface area contributed by atoms with Gasteiger partial charge in [0.15, 0.2) is 6.54 Å². The van der Waals surface area contributed by atoms with Crippen molar-refractivity contribution in [1.29, 1.82) is 0 Å². The highest BCUT2D eigenvalue weighted by molar-refractivity contribution is 7.10. The Hall–Kier alpha value is -2.43. The fourth-order valence-electron chi connectivity index (χ4n) is 3.20. The Morgan fingerprint density at radius 2 is 1.70 bits per heavy atom. The first-order valence-corrected chi connectivity index (χ1v) is 10.4. The maximum absolute atomic E-state index is 12.4. The minimum atomic E-state index is 0.0908. The predicted molar refractivity (Wildman–Crippen MR) is 112 cm³/mol. The van der Waals surface area contributed by atoms with E-state index in [9.17, 15) is 4.79 Å². The molecule has 0 aliphatic rings. The highest BCUT2D eigenvalue weighted by atomic mass is 32.1. The van der Waals surface area contributed by atoms with Crippen LogP contribution in [0.15, 0.2) is 78.2 Å². The van der Waals surface area contributed by atoms with Crippen LogP contribution < -0.4 is 10.6 Å². The van der Waals surface area contributed by atoms with Gasteiger partial charge in [-0.15, -0.1) is 11.3 Å². The van der Waals surface area contributed by atoms with Crippen LogP contribution in [-0.2, 0) is 11.2 Å². The monoisotopic (exact) mass is 379 g/mol. The van der Waals surface area contributed by atoms with Crippen LogP contribution in [-0.4, -0.2) is 18.5 Å². The molecule has 1 amide bonds. The highest BCUT2D eigenvalue weighted by Crippen LogP contribution is 2.22. The van der Waals surface area contributed by atoms with Gasteiger partial charge in [0.05, 0.1) is 4.88 Å². The van der Waals surface area contributed by atoms with E-state index >= 15 is 0 Å². The predicted octanol–water partition coefficient (Wildman–Crippen LogP) is 3.54. The van der Waals surface area contributed by atoms with E-state index in [1.54, 1.807) is 11.3 Å². The fourth-order valence-corrected chi connectivity index (χ4v) is 4.05. The van der Waals surface area contributed by atoms with Gasteiger partial charge in [0, 0.05) is 11.6 Å². The number of amides is 1. The quantitative estimate of drug-likeness (QED) is 0.587. The van der Waals surface area contributed by atoms with Crippen LogP contribution in [0.1, 0.15) is 35.4 Å². The third-order valence-electron chi connectivity index (χ3n) is 4.66. The molecule has 3 rings (SSSR count). The summed E-state index contributed by atoms with van der Waals surface area (Å²) in [4.78, 5) is 13.7. The zero-order valence-corrected chi connectivity index (χ0v) is 16.5. The van der Waals surface area contributed by atoms with E-state index in [1.165, 1.54) is 16.0 Å². The number of aryl methyl sites for hydroxylation is 1. The van der Waals surface area contributed by atoms with Gasteiger partial charge in [-0.25, -0.2) is 0 Å². The van der Waals surface area contributed by atoms with E-state index in [1.807, 2.05) is 12.1 Å². The largest absolute Gasteiger partial charge is 0.349 e. The molecular weight excluding hydrogens is 352 g/mol. The number of hydrogen-bond donors (Lipinski definition) is 2. The molecule has 0 spiro atoms. The zero-order chi connectivity index (χ0) is 18.9. The number of nitrogens with two attached hydrogens (primary N) is 1. The van der Waals surface area contributed by atoms with Gasteiger partial charge in [0.2, 0.25) is 0 Å². The van der Waals surface area contributed by atoms with E-state index in [2.05, 4.69) is 83.6 Å². The Morgan fingerprint density at radius 1 is 1.00 bits per heavy atom. The average molecular weight is 380 g/mol. The Labute approximate surface area is 165 Å². The molecule has 0 fully saturated rings. The molecule has 0 aliphatic heterocycles. The molecule has 2 aromatic carbocycles. The van der Waals surface area contributed by atoms with Crippen LogP contribution in [0.5, 0.6) is 0 Å². The van der Waals surface area contributed by atoms with E-state index in [4.69, 9.17) is 0 Å². The lowest BCUT2D eigenvalue weighted by Gasteiger charge is -2.17. The molecular formula is C23H27N2OS+. The lowest BCUT2D eigenvalue weighted by Crippen LogP contribution is -2.87. The molecule has 0 saturated heterocycles. The molecule has 3 N–H and O–H groups in total. The standard InChI is InChI=1S/C23H26N2OS/c1-18(14-15-19-9-4-2-5-10-19)25-22(26)17-24-23(21-13-8-16-27-21)20-11-6-3-7-12-20/h2-13,16,18,23-24H,14-15,17H2,1H3,(H,25,26)/p+1/t18-,23+/m0/s1. The summed E-state index contributed by atoms with van der Waals surface area (Å²) in [5.74, 6) is 0.0908. The summed E-state index contributed by atoms with van der Waals surface area (Å²) in [7, 11) is 0. The third-order valence-corrected chi connectivity index (χ3v) is 5.62. The van der Waals surface area contributed by atoms with Crippen molar-refractivity contribution in [2.24, 2.45) is 0 Å². The topological polar surface area (TPSA) is 45.7 Å². The van der Waals surface area contributed by atoms with Gasteiger partial charge in [-0.05, 0) is 36.8 Å². The van der Waals surface area contributed by atoms with Crippen molar-refractivity contribution in [3.05, 3.63) is 94.2 Å². The Bertz CT molecular complexity index is 803. The number of quaternary nitrogens is 1. The molecule has 0 saturated carbocycles. The second-order valence-corrected chi connectivity index (χ2v) is 7.82. The van der Waals surface area contributed by atoms with Gasteiger partial charge >= 0.3 is 0 Å². The summed E-state index contributed by atoms with van der Waals surface area (Å²) in [6.45, 7) is 2.50. The smallest absolute Gasteiger partial charge is 0.275 e. The number of benzene rings is 2. The molecule has 0 unspecified atom stereocenters. The minimum absolute atomic E-state index is 0.0908. The van der Waals surface area contributed by atoms with Gasteiger partial charge in [0.1, 0.15) is 6.04 Å². The first-order chi connectivity index (χ1) is 13.2. The highest BCUT2D eigenvalue weighted by Gasteiger charge is 2.20. The summed E-state index contributed by atoms with van der Waals surface area (Å²) in [6, 6.07) is 25.3. The maximum atomic E-state index is 12.4. The number of thiophene rings is 1. The normalized spacial score (nSPS) is 13.1. The van der Waals surface area contributed by atoms with Crippen molar-refractivity contribution >= 4 is 17.2 Å². The van der Waals surface area contributed by atoms with Gasteiger partial charge in [-0.1, -0.05) is 66.7 Å². The summed E-state index contributed by atoms with van der Waals surface area (Å²) in [6.07, 6.45) is 1.93. The van der Waals surface area contributed by atoms with Crippen molar-refractivity contribution in [1.82, 2.24) is 5.32 Å². The number of nitrogens with one attached hydrogen (secondary N) is 1. The average Bonchev–Trinajstić information content (AvgIpc) is 3.23. The van der Waals surface area contributed by atoms with Crippen LogP contribution in [0.25, 0.3) is 0 Å². The molecule has 3 nitrogen and oxygen atoms in total. The second kappa shape index (κ2) is 10.0. The molecule has 0 bridgehead atoms. The summed E-state index contributed by atoms with van der Waals surface area (Å²) in [5, 5.41) is 7.35. The maximum Gasteiger partial charge on any atom is 0.275 e. The van der Waals surface area contributed by atoms with E-state index in [-0.39, 0.29) is 18.0 Å². The number of rotatable bonds is 9. The lowest BCUT2D eigenvalue weighted by atomic mass is 10.1. The van der Waals surface area contributed by atoms with Gasteiger partial charge < -0.3 is 10.6 Å². The summed E-state index contributed by atoms with van der Waals surface area (Å²) < 4.78 is 0. The van der Waals surface area contributed by atoms with E-state index in [0.717, 1.165) is 12.8 Å². The molecule has 140 valence electrons. The van der Waals surface area contributed by atoms with E-state index < -0.39 is 0 Å². The van der Waals surface area contributed by atoms with Gasteiger partial charge in [-0.2, -0.15) is 0 Å². The van der Waals surface area contributed by atoms with E-state index in [0.29, 0.717) is 6.54 Å². The van der Waals surface area contributed by atoms with Crippen LogP contribution in [0.2, 0.25) is 0 Å². The summed E-state index contributed by atoms with van der Waals surface area (Å²) in [5.41, 5.74) is 2.54. The molecule has 3 aromatic rings. The molecule has 1 aromatic heterocycles. The van der Waals surface area contributed by atoms with Crippen molar-refractivity contribution in [2.75, 3.05) is 6.54 Å². The van der Waals surface area contributed by atoms with Crippen molar-refractivity contribution < 1.29 is 10.1 Å². The zero-order valence-electron chi connectivity index (χ0n) is 15.7. The molecule has 2 atom stereocenters. The van der Waals surface area contributed by atoms with Crippen molar-refractivity contribution in [2.45, 2.75) is 31.8 Å². The van der Waals surface area contributed by atoms with Crippen molar-refractivity contribution in [3.63, 3.8) is 0 Å². The molecule has 27 heavy (non-hydrogen) atoms. The lowest BCUT2D eigenvalue weighted by molar-refractivity contribution is -0.676. The second-order valence-electron chi connectivity index (χ2n) is 6.84. The number of carbonyl (C=O) groups excluding carboxylic acids is 1.